The van der Waals surface area contributed by atoms with Crippen LogP contribution in [0.2, 0.25) is 0 Å². The molecule has 1 aromatic heterocycles. The van der Waals surface area contributed by atoms with Crippen molar-refractivity contribution in [2.75, 3.05) is 11.4 Å². The van der Waals surface area contributed by atoms with Gasteiger partial charge in [0.05, 0.1) is 0 Å². The van der Waals surface area contributed by atoms with Gasteiger partial charge in [-0.05, 0) is 47.5 Å². The van der Waals surface area contributed by atoms with Gasteiger partial charge in [0.1, 0.15) is 0 Å². The predicted octanol–water partition coefficient (Wildman–Crippen LogP) is 1.20. The number of primary amides is 1. The Hall–Kier alpha value is -1.11. The van der Waals surface area contributed by atoms with Crippen molar-refractivity contribution in [1.29, 1.82) is 0 Å². The van der Waals surface area contributed by atoms with Crippen LogP contribution in [0.3, 0.4) is 0 Å². The number of piperidine rings is 1. The molecule has 7 heteroatoms. The number of nitrogens with two attached hydrogens (primary N) is 1. The summed E-state index contributed by atoms with van der Waals surface area (Å²) in [6.07, 6.45) is 4.90. The maximum Gasteiger partial charge on any atom is 0.225 e. The second-order valence-corrected chi connectivity index (χ2v) is 6.42. The quantitative estimate of drug-likeness (QED) is 0.905. The number of rotatable bonds is 3. The van der Waals surface area contributed by atoms with Gasteiger partial charge in [0.2, 0.25) is 16.6 Å². The summed E-state index contributed by atoms with van der Waals surface area (Å²) in [5.41, 5.74) is 5.51. The number of carbonyl (C=O) groups is 1. The van der Waals surface area contributed by atoms with Crippen LogP contribution >= 0.6 is 15.9 Å². The fraction of sp³-hybridized carbons (Fsp3) is 0.750. The second-order valence-electron chi connectivity index (χ2n) is 5.71. The van der Waals surface area contributed by atoms with Gasteiger partial charge in [-0.25, -0.2) is 4.68 Å². The molecule has 3 rings (SSSR count). The first-order valence-electron chi connectivity index (χ1n) is 6.63. The van der Waals surface area contributed by atoms with Crippen molar-refractivity contribution < 1.29 is 4.79 Å². The van der Waals surface area contributed by atoms with Crippen LogP contribution in [0.4, 0.5) is 5.95 Å². The standard InChI is InChI=1S/C12H18BrN5O/c1-17-11(15-10(13)16-17)18-5-2-8(6-9(14)19)7-12(18)3-4-12/h8H,2-7H2,1H3,(H2,14,19). The van der Waals surface area contributed by atoms with Crippen LogP contribution in [-0.2, 0) is 11.8 Å². The number of aromatic nitrogens is 3. The SMILES string of the molecule is Cn1nc(Br)nc1N1CCC(CC(N)=O)CC12CC2. The normalized spacial score (nSPS) is 24.7. The van der Waals surface area contributed by atoms with E-state index in [-0.39, 0.29) is 11.4 Å². The van der Waals surface area contributed by atoms with E-state index in [9.17, 15) is 4.79 Å². The van der Waals surface area contributed by atoms with E-state index in [1.165, 1.54) is 12.8 Å². The maximum atomic E-state index is 11.1. The Labute approximate surface area is 120 Å². The molecule has 0 radical (unpaired) electrons. The number of amides is 1. The van der Waals surface area contributed by atoms with E-state index in [4.69, 9.17) is 5.73 Å². The molecule has 2 aliphatic rings. The summed E-state index contributed by atoms with van der Waals surface area (Å²) in [6.45, 7) is 0.928. The molecule has 2 N–H and O–H groups in total. The molecular weight excluding hydrogens is 310 g/mol. The van der Waals surface area contributed by atoms with Gasteiger partial charge >= 0.3 is 0 Å². The Morgan fingerprint density at radius 1 is 1.58 bits per heavy atom. The molecule has 1 saturated heterocycles. The average molecular weight is 328 g/mol. The molecule has 104 valence electrons. The molecule has 6 nitrogen and oxygen atoms in total. The minimum absolute atomic E-state index is 0.185. The third-order valence-electron chi connectivity index (χ3n) is 4.27. The number of aryl methyl sites for hydroxylation is 1. The van der Waals surface area contributed by atoms with Gasteiger partial charge in [-0.2, -0.15) is 4.98 Å². The summed E-state index contributed by atoms with van der Waals surface area (Å²) in [7, 11) is 1.92. The molecule has 2 heterocycles. The molecule has 2 fully saturated rings. The molecule has 1 saturated carbocycles. The number of hydrogen-bond donors (Lipinski definition) is 1. The molecule has 19 heavy (non-hydrogen) atoms. The number of anilines is 1. The van der Waals surface area contributed by atoms with Gasteiger partial charge in [0.25, 0.3) is 0 Å². The Balaban J connectivity index is 1.79. The molecule has 0 bridgehead atoms. The summed E-state index contributed by atoms with van der Waals surface area (Å²) in [6, 6.07) is 0. The highest BCUT2D eigenvalue weighted by Crippen LogP contribution is 2.51. The molecule has 1 spiro atoms. The minimum Gasteiger partial charge on any atom is -0.370 e. The highest BCUT2D eigenvalue weighted by molar-refractivity contribution is 9.10. The lowest BCUT2D eigenvalue weighted by Gasteiger charge is -2.40. The highest BCUT2D eigenvalue weighted by atomic mass is 79.9. The Morgan fingerprint density at radius 3 is 2.84 bits per heavy atom. The van der Waals surface area contributed by atoms with E-state index in [2.05, 4.69) is 30.9 Å². The third kappa shape index (κ3) is 2.35. The number of halogens is 1. The fourth-order valence-corrected chi connectivity index (χ4v) is 3.66. The summed E-state index contributed by atoms with van der Waals surface area (Å²) in [5.74, 6) is 1.16. The zero-order chi connectivity index (χ0) is 13.6. The van der Waals surface area contributed by atoms with Gasteiger partial charge in [-0.15, -0.1) is 5.10 Å². The van der Waals surface area contributed by atoms with E-state index >= 15 is 0 Å². The van der Waals surface area contributed by atoms with Crippen LogP contribution in [-0.4, -0.2) is 32.8 Å². The van der Waals surface area contributed by atoms with Crippen molar-refractivity contribution >= 4 is 27.8 Å². The van der Waals surface area contributed by atoms with Crippen LogP contribution < -0.4 is 10.6 Å². The summed E-state index contributed by atoms with van der Waals surface area (Å²) < 4.78 is 2.44. The Bertz CT molecular complexity index is 510. The summed E-state index contributed by atoms with van der Waals surface area (Å²) in [4.78, 5) is 17.9. The predicted molar refractivity (Wildman–Crippen MR) is 74.5 cm³/mol. The van der Waals surface area contributed by atoms with E-state index < -0.39 is 0 Å². The number of hydrogen-bond acceptors (Lipinski definition) is 4. The van der Waals surface area contributed by atoms with E-state index in [0.29, 0.717) is 17.1 Å². The van der Waals surface area contributed by atoms with Crippen LogP contribution in [0.1, 0.15) is 32.1 Å². The van der Waals surface area contributed by atoms with Gasteiger partial charge in [-0.3, -0.25) is 4.79 Å². The van der Waals surface area contributed by atoms with Crippen LogP contribution in [0, 0.1) is 5.92 Å². The van der Waals surface area contributed by atoms with Gasteiger partial charge in [0.15, 0.2) is 0 Å². The van der Waals surface area contributed by atoms with Crippen molar-refractivity contribution in [2.24, 2.45) is 18.7 Å². The molecule has 1 amide bonds. The first kappa shape index (κ1) is 12.9. The minimum atomic E-state index is -0.185. The topological polar surface area (TPSA) is 77.0 Å². The van der Waals surface area contributed by atoms with E-state index in [0.717, 1.165) is 25.3 Å². The van der Waals surface area contributed by atoms with Gasteiger partial charge in [-0.1, -0.05) is 0 Å². The maximum absolute atomic E-state index is 11.1. The lowest BCUT2D eigenvalue weighted by Crippen LogP contribution is -2.46. The molecule has 1 aliphatic heterocycles. The van der Waals surface area contributed by atoms with Crippen LogP contribution in [0.15, 0.2) is 4.73 Å². The lowest BCUT2D eigenvalue weighted by molar-refractivity contribution is -0.119. The van der Waals surface area contributed by atoms with E-state index in [1.807, 2.05) is 11.7 Å². The molecule has 1 aliphatic carbocycles. The van der Waals surface area contributed by atoms with Crippen LogP contribution in [0.5, 0.6) is 0 Å². The van der Waals surface area contributed by atoms with E-state index in [1.54, 1.807) is 0 Å². The average Bonchev–Trinajstić information content (AvgIpc) is 2.97. The van der Waals surface area contributed by atoms with Crippen LogP contribution in [0.25, 0.3) is 0 Å². The Kier molecular flexibility index (Phi) is 3.03. The van der Waals surface area contributed by atoms with Crippen molar-refractivity contribution in [3.05, 3.63) is 4.73 Å². The molecule has 0 aromatic carbocycles. The van der Waals surface area contributed by atoms with Crippen molar-refractivity contribution in [1.82, 2.24) is 14.8 Å². The molecule has 1 unspecified atom stereocenters. The number of nitrogens with zero attached hydrogens (tertiary/aromatic N) is 4. The monoisotopic (exact) mass is 327 g/mol. The number of carbonyl (C=O) groups excluding carboxylic acids is 1. The first-order valence-corrected chi connectivity index (χ1v) is 7.42. The second kappa shape index (κ2) is 4.47. The van der Waals surface area contributed by atoms with Crippen molar-refractivity contribution in [3.8, 4) is 0 Å². The molecule has 1 atom stereocenters. The summed E-state index contributed by atoms with van der Waals surface area (Å²) in [5, 5.41) is 4.25. The fourth-order valence-electron chi connectivity index (χ4n) is 3.27. The van der Waals surface area contributed by atoms with Crippen molar-refractivity contribution in [3.63, 3.8) is 0 Å². The lowest BCUT2D eigenvalue weighted by atomic mass is 9.86. The third-order valence-corrected chi connectivity index (χ3v) is 4.61. The van der Waals surface area contributed by atoms with Gasteiger partial charge in [0, 0.05) is 25.6 Å². The zero-order valence-corrected chi connectivity index (χ0v) is 12.6. The first-order chi connectivity index (χ1) is 9.00. The van der Waals surface area contributed by atoms with Crippen molar-refractivity contribution in [2.45, 2.75) is 37.6 Å². The Morgan fingerprint density at radius 2 is 2.32 bits per heavy atom. The zero-order valence-electron chi connectivity index (χ0n) is 11.0. The molecule has 1 aromatic rings. The summed E-state index contributed by atoms with van der Waals surface area (Å²) >= 11 is 3.32. The smallest absolute Gasteiger partial charge is 0.225 e. The van der Waals surface area contributed by atoms with Gasteiger partial charge < -0.3 is 10.6 Å². The molecular formula is C12H18BrN5O. The largest absolute Gasteiger partial charge is 0.370 e. The highest BCUT2D eigenvalue weighted by Gasteiger charge is 2.52.